The zero-order valence-electron chi connectivity index (χ0n) is 25.0. The average Bonchev–Trinajstić information content (AvgIpc) is 3.35. The molecule has 1 aliphatic heterocycles. The Morgan fingerprint density at radius 3 is 2.38 bits per heavy atom. The number of rotatable bonds is 11. The summed E-state index contributed by atoms with van der Waals surface area (Å²) in [5.74, 6) is 1.46. The number of ether oxygens (including phenoxy) is 5. The highest BCUT2D eigenvalue weighted by Gasteiger charge is 2.31. The largest absolute Gasteiger partial charge is 0.493 e. The maximum absolute atomic E-state index is 13.9. The predicted molar refractivity (Wildman–Crippen MR) is 174 cm³/mol. The molecule has 0 spiro atoms. The number of hydrogen-bond donors (Lipinski definition) is 0. The van der Waals surface area contributed by atoms with Gasteiger partial charge < -0.3 is 23.7 Å². The van der Waals surface area contributed by atoms with Gasteiger partial charge in [0.2, 0.25) is 0 Å². The molecule has 0 fully saturated rings. The lowest BCUT2D eigenvalue weighted by Gasteiger charge is -2.23. The summed E-state index contributed by atoms with van der Waals surface area (Å²) in [5.41, 5.74) is 2.02. The van der Waals surface area contributed by atoms with Crippen molar-refractivity contribution < 1.29 is 28.5 Å². The molecule has 0 radical (unpaired) electrons. The van der Waals surface area contributed by atoms with E-state index in [-0.39, 0.29) is 17.7 Å². The second-order valence-corrected chi connectivity index (χ2v) is 11.5. The van der Waals surface area contributed by atoms with Crippen LogP contribution in [0.5, 0.6) is 23.0 Å². The van der Waals surface area contributed by atoms with E-state index in [1.165, 1.54) is 36.3 Å². The van der Waals surface area contributed by atoms with E-state index in [4.69, 9.17) is 46.9 Å². The van der Waals surface area contributed by atoms with Gasteiger partial charge in [0.05, 0.1) is 43.6 Å². The molecule has 0 amide bonds. The second kappa shape index (κ2) is 14.2. The minimum absolute atomic E-state index is 0.212. The number of nitrogens with zero attached hydrogens (tertiary/aromatic N) is 2. The van der Waals surface area contributed by atoms with Crippen molar-refractivity contribution >= 4 is 46.6 Å². The van der Waals surface area contributed by atoms with Crippen LogP contribution in [0, 0.1) is 0 Å². The number of fused-ring (bicyclic) bond motifs is 1. The Hall–Kier alpha value is -4.25. The van der Waals surface area contributed by atoms with E-state index in [0.717, 1.165) is 5.56 Å². The minimum atomic E-state index is -0.796. The fourth-order valence-electron chi connectivity index (χ4n) is 4.83. The highest BCUT2D eigenvalue weighted by molar-refractivity contribution is 7.07. The fourth-order valence-corrected chi connectivity index (χ4v) is 6.26. The number of benzene rings is 3. The summed E-state index contributed by atoms with van der Waals surface area (Å²) < 4.78 is 30.1. The van der Waals surface area contributed by atoms with Gasteiger partial charge in [-0.1, -0.05) is 52.7 Å². The standard InChI is InChI=1S/C33H30Cl2N2O7S/c1-5-42-26-12-9-20(15-28(26)43-6-2)30-23(32(39)41-4)17-36-33-37(30)31(38)29(45-33)14-19-7-11-25(27(13-19)40-3)44-18-21-8-10-22(34)16-24(21)35/h7-17,30H,5-6,18H2,1-4H3/b29-14-/t30-/m1/s1. The van der Waals surface area contributed by atoms with Crippen molar-refractivity contribution in [2.24, 2.45) is 4.99 Å². The first-order valence-electron chi connectivity index (χ1n) is 14.0. The van der Waals surface area contributed by atoms with E-state index < -0.39 is 12.0 Å². The molecule has 9 nitrogen and oxygen atoms in total. The third-order valence-electron chi connectivity index (χ3n) is 6.89. The summed E-state index contributed by atoms with van der Waals surface area (Å²) in [6, 6.07) is 15.1. The summed E-state index contributed by atoms with van der Waals surface area (Å²) in [4.78, 5) is 31.7. The fraction of sp³-hybridized carbons (Fsp3) is 0.242. The smallest absolute Gasteiger partial charge is 0.337 e. The molecule has 45 heavy (non-hydrogen) atoms. The Kier molecular flexibility index (Phi) is 10.2. The number of esters is 1. The third-order valence-corrected chi connectivity index (χ3v) is 8.48. The quantitative estimate of drug-likeness (QED) is 0.189. The molecular weight excluding hydrogens is 639 g/mol. The number of hydrogen-bond acceptors (Lipinski definition) is 9. The van der Waals surface area contributed by atoms with Crippen LogP contribution < -0.4 is 33.8 Å². The molecule has 12 heteroatoms. The highest BCUT2D eigenvalue weighted by Crippen LogP contribution is 2.35. The number of carbonyl (C=O) groups excluding carboxylic acids is 1. The van der Waals surface area contributed by atoms with Crippen LogP contribution in [0.25, 0.3) is 6.08 Å². The van der Waals surface area contributed by atoms with Crippen molar-refractivity contribution in [1.29, 1.82) is 0 Å². The monoisotopic (exact) mass is 668 g/mol. The predicted octanol–water partition coefficient (Wildman–Crippen LogP) is 5.71. The molecule has 3 aromatic carbocycles. The van der Waals surface area contributed by atoms with Gasteiger partial charge in [-0.15, -0.1) is 0 Å². The van der Waals surface area contributed by atoms with Crippen LogP contribution in [0.4, 0.5) is 0 Å². The molecule has 1 aromatic heterocycles. The van der Waals surface area contributed by atoms with Gasteiger partial charge in [-0.25, -0.2) is 9.79 Å². The van der Waals surface area contributed by atoms with Crippen molar-refractivity contribution in [2.45, 2.75) is 26.5 Å². The molecule has 2 heterocycles. The first-order valence-corrected chi connectivity index (χ1v) is 15.6. The van der Waals surface area contributed by atoms with E-state index in [9.17, 15) is 9.59 Å². The molecule has 0 aliphatic carbocycles. The second-order valence-electron chi connectivity index (χ2n) is 9.68. The summed E-state index contributed by atoms with van der Waals surface area (Å²) in [6.45, 7) is 4.83. The molecule has 0 saturated carbocycles. The van der Waals surface area contributed by atoms with Crippen LogP contribution in [0.15, 0.2) is 76.2 Å². The van der Waals surface area contributed by atoms with Crippen LogP contribution in [0.1, 0.15) is 36.6 Å². The van der Waals surface area contributed by atoms with Crippen LogP contribution in [0.2, 0.25) is 10.0 Å². The maximum Gasteiger partial charge on any atom is 0.337 e. The van der Waals surface area contributed by atoms with Crippen LogP contribution in [0.3, 0.4) is 0 Å². The molecule has 1 aliphatic rings. The molecule has 4 aromatic rings. The number of methoxy groups -OCH3 is 2. The lowest BCUT2D eigenvalue weighted by Crippen LogP contribution is -2.39. The number of thiazole rings is 1. The van der Waals surface area contributed by atoms with Gasteiger partial charge in [0.1, 0.15) is 6.61 Å². The zero-order chi connectivity index (χ0) is 32.1. The highest BCUT2D eigenvalue weighted by atomic mass is 35.5. The Labute approximate surface area is 273 Å². The van der Waals surface area contributed by atoms with E-state index in [1.54, 1.807) is 54.6 Å². The van der Waals surface area contributed by atoms with Crippen LogP contribution in [-0.2, 0) is 16.1 Å². The van der Waals surface area contributed by atoms with Gasteiger partial charge in [0, 0.05) is 21.8 Å². The first-order chi connectivity index (χ1) is 21.8. The molecule has 0 saturated heterocycles. The van der Waals surface area contributed by atoms with E-state index >= 15 is 0 Å². The van der Waals surface area contributed by atoms with Crippen LogP contribution in [-0.4, -0.2) is 38.0 Å². The zero-order valence-corrected chi connectivity index (χ0v) is 27.3. The Morgan fingerprint density at radius 1 is 0.933 bits per heavy atom. The molecular formula is C33H30Cl2N2O7S. The summed E-state index contributed by atoms with van der Waals surface area (Å²) in [6.07, 6.45) is 3.19. The maximum atomic E-state index is 13.9. The van der Waals surface area contributed by atoms with E-state index in [2.05, 4.69) is 4.99 Å². The van der Waals surface area contributed by atoms with Crippen molar-refractivity contribution in [1.82, 2.24) is 4.57 Å². The molecule has 1 atom stereocenters. The van der Waals surface area contributed by atoms with E-state index in [0.29, 0.717) is 66.7 Å². The van der Waals surface area contributed by atoms with Crippen LogP contribution >= 0.6 is 34.5 Å². The van der Waals surface area contributed by atoms with Gasteiger partial charge in [0.15, 0.2) is 27.8 Å². The minimum Gasteiger partial charge on any atom is -0.493 e. The first kappa shape index (κ1) is 32.2. The number of halogens is 2. The average molecular weight is 670 g/mol. The number of carbonyl (C=O) groups is 1. The van der Waals surface area contributed by atoms with Crippen molar-refractivity contribution in [3.8, 4) is 23.0 Å². The van der Waals surface area contributed by atoms with Crippen molar-refractivity contribution in [2.75, 3.05) is 27.4 Å². The molecule has 0 bridgehead atoms. The molecule has 5 rings (SSSR count). The van der Waals surface area contributed by atoms with Gasteiger partial charge in [0.25, 0.3) is 5.56 Å². The molecule has 0 N–H and O–H groups in total. The molecule has 234 valence electrons. The lowest BCUT2D eigenvalue weighted by atomic mass is 9.97. The van der Waals surface area contributed by atoms with Gasteiger partial charge in [-0.3, -0.25) is 9.36 Å². The Balaban J connectivity index is 1.53. The summed E-state index contributed by atoms with van der Waals surface area (Å²) >= 11 is 13.5. The topological polar surface area (TPSA) is 97.6 Å². The lowest BCUT2D eigenvalue weighted by molar-refractivity contribution is -0.136. The van der Waals surface area contributed by atoms with Gasteiger partial charge >= 0.3 is 5.97 Å². The third kappa shape index (κ3) is 6.88. The van der Waals surface area contributed by atoms with Gasteiger partial charge in [-0.05, 0) is 67.4 Å². The van der Waals surface area contributed by atoms with E-state index in [1.807, 2.05) is 19.9 Å². The van der Waals surface area contributed by atoms with Crippen molar-refractivity contribution in [3.05, 3.63) is 113 Å². The SMILES string of the molecule is CCOc1ccc([C@@H]2C(C(=O)OC)=CN=c3s/c(=C\c4ccc(OCc5ccc(Cl)cc5Cl)c(OC)c4)c(=O)n32)cc1OCC. The summed E-state index contributed by atoms with van der Waals surface area (Å²) in [7, 11) is 2.83. The summed E-state index contributed by atoms with van der Waals surface area (Å²) in [5, 5.41) is 1.04. The normalized spacial score (nSPS) is 14.2. The van der Waals surface area contributed by atoms with Gasteiger partial charge in [-0.2, -0.15) is 0 Å². The Bertz CT molecular complexity index is 1950. The Morgan fingerprint density at radius 2 is 1.67 bits per heavy atom. The number of aromatic nitrogens is 1. The van der Waals surface area contributed by atoms with Crippen molar-refractivity contribution in [3.63, 3.8) is 0 Å². The molecule has 0 unspecified atom stereocenters.